The molecule has 0 aromatic rings. The van der Waals surface area contributed by atoms with E-state index in [1.165, 1.54) is 108 Å². The Morgan fingerprint density at radius 3 is 2.08 bits per heavy atom. The fourth-order valence-electron chi connectivity index (χ4n) is 3.59. The molecule has 0 aromatic carbocycles. The number of halogens is 1. The average Bonchev–Trinajstić information content (AvgIpc) is 3.10. The Morgan fingerprint density at radius 2 is 1.46 bits per heavy atom. The highest BCUT2D eigenvalue weighted by Gasteiger charge is 2.12. The van der Waals surface area contributed by atoms with Crippen LogP contribution in [0.1, 0.15) is 89.9 Å². The molecular weight excluding hydrogens is 398 g/mol. The molecule has 0 atom stereocenters. The number of nitrogens with zero attached hydrogens (tertiary/aromatic N) is 1. The summed E-state index contributed by atoms with van der Waals surface area (Å²) in [4.78, 5) is 2.44. The van der Waals surface area contributed by atoms with E-state index in [-0.39, 0.29) is 17.0 Å². The van der Waals surface area contributed by atoms with Gasteiger partial charge in [-0.2, -0.15) is 11.8 Å². The van der Waals surface area contributed by atoms with E-state index in [9.17, 15) is 0 Å². The highest BCUT2D eigenvalue weighted by molar-refractivity contribution is 8.93. The lowest BCUT2D eigenvalue weighted by Crippen LogP contribution is -2.14. The second-order valence-electron chi connectivity index (χ2n) is 7.21. The molecule has 2 aliphatic rings. The molecule has 142 valence electrons. The summed E-state index contributed by atoms with van der Waals surface area (Å²) in [6.45, 7) is 1.27. The molecule has 1 saturated carbocycles. The first kappa shape index (κ1) is 22.8. The maximum absolute atomic E-state index is 2.44. The topological polar surface area (TPSA) is 3.24 Å². The minimum Gasteiger partial charge on any atom is -0.367 e. The fourth-order valence-corrected chi connectivity index (χ4v) is 5.71. The second kappa shape index (κ2) is 15.9. The average molecular weight is 437 g/mol. The molecule has 2 rings (SSSR count). The minimum atomic E-state index is 0. The first-order valence-corrected chi connectivity index (χ1v) is 12.2. The molecule has 0 spiro atoms. The third-order valence-electron chi connectivity index (χ3n) is 5.10. The summed E-state index contributed by atoms with van der Waals surface area (Å²) in [6, 6.07) is 0. The molecular formula is C20H38BrNS2. The predicted octanol–water partition coefficient (Wildman–Crippen LogP) is 7.62. The van der Waals surface area contributed by atoms with Gasteiger partial charge in [0, 0.05) is 18.0 Å². The summed E-state index contributed by atoms with van der Waals surface area (Å²) in [5, 5.41) is 3.23. The van der Waals surface area contributed by atoms with Gasteiger partial charge in [-0.3, -0.25) is 0 Å². The molecule has 1 fully saturated rings. The first-order chi connectivity index (χ1) is 11.4. The van der Waals surface area contributed by atoms with Crippen LogP contribution in [-0.4, -0.2) is 28.3 Å². The van der Waals surface area contributed by atoms with Crippen molar-refractivity contribution in [3.8, 4) is 0 Å². The zero-order valence-electron chi connectivity index (χ0n) is 15.4. The third kappa shape index (κ3) is 11.4. The van der Waals surface area contributed by atoms with Crippen LogP contribution in [-0.2, 0) is 0 Å². The van der Waals surface area contributed by atoms with Crippen LogP contribution in [0.4, 0.5) is 0 Å². The molecule has 0 saturated heterocycles. The van der Waals surface area contributed by atoms with E-state index in [2.05, 4.69) is 28.3 Å². The Hall–Kier alpha value is 0.720. The molecule has 0 aromatic heterocycles. The molecule has 1 aliphatic heterocycles. The van der Waals surface area contributed by atoms with Gasteiger partial charge in [-0.05, 0) is 36.8 Å². The highest BCUT2D eigenvalue weighted by Crippen LogP contribution is 2.28. The predicted molar refractivity (Wildman–Crippen MR) is 120 cm³/mol. The van der Waals surface area contributed by atoms with Gasteiger partial charge in [0.05, 0.1) is 5.88 Å². The number of hydrogen-bond acceptors (Lipinski definition) is 3. The van der Waals surface area contributed by atoms with Gasteiger partial charge >= 0.3 is 0 Å². The van der Waals surface area contributed by atoms with Crippen molar-refractivity contribution in [1.82, 2.24) is 4.90 Å². The van der Waals surface area contributed by atoms with Crippen LogP contribution in [0.15, 0.2) is 11.6 Å². The maximum Gasteiger partial charge on any atom is 0.0675 e. The van der Waals surface area contributed by atoms with E-state index in [1.807, 2.05) is 11.8 Å². The summed E-state index contributed by atoms with van der Waals surface area (Å²) in [6.07, 6.45) is 22.8. The van der Waals surface area contributed by atoms with Gasteiger partial charge in [0.15, 0.2) is 0 Å². The van der Waals surface area contributed by atoms with Gasteiger partial charge in [-0.25, -0.2) is 0 Å². The van der Waals surface area contributed by atoms with Gasteiger partial charge in [0.2, 0.25) is 0 Å². The van der Waals surface area contributed by atoms with Crippen molar-refractivity contribution in [2.45, 2.75) is 95.1 Å². The Bertz CT molecular complexity index is 306. The molecule has 1 aliphatic carbocycles. The molecule has 1 heterocycles. The smallest absolute Gasteiger partial charge is 0.0675 e. The molecule has 0 unspecified atom stereocenters. The van der Waals surface area contributed by atoms with Crippen LogP contribution in [0, 0.1) is 0 Å². The largest absolute Gasteiger partial charge is 0.367 e. The van der Waals surface area contributed by atoms with Crippen LogP contribution in [0.25, 0.3) is 0 Å². The summed E-state index contributed by atoms with van der Waals surface area (Å²) in [5.41, 5.74) is 0. The molecule has 24 heavy (non-hydrogen) atoms. The molecule has 0 amide bonds. The molecule has 0 radical (unpaired) electrons. The van der Waals surface area contributed by atoms with Crippen molar-refractivity contribution in [3.63, 3.8) is 0 Å². The maximum atomic E-state index is 2.44. The second-order valence-corrected chi connectivity index (χ2v) is 9.48. The Balaban J connectivity index is 0.00000288. The van der Waals surface area contributed by atoms with Crippen molar-refractivity contribution in [1.29, 1.82) is 0 Å². The summed E-state index contributed by atoms with van der Waals surface area (Å²) >= 11 is 4.19. The van der Waals surface area contributed by atoms with Gasteiger partial charge in [-0.15, -0.1) is 28.7 Å². The van der Waals surface area contributed by atoms with E-state index in [1.54, 1.807) is 0 Å². The van der Waals surface area contributed by atoms with Gasteiger partial charge in [-0.1, -0.05) is 64.2 Å². The molecule has 0 N–H and O–H groups in total. The van der Waals surface area contributed by atoms with Crippen LogP contribution >= 0.6 is 40.5 Å². The standard InChI is InChI=1S/C20H37NS2.BrH/c1(2-4-6-11-15-21-16-18-22-19-21)3-5-7-12-17-23-20-13-9-8-10-14-20;/h16,18,20H,1-15,17,19H2;1H. The van der Waals surface area contributed by atoms with Crippen molar-refractivity contribution in [3.05, 3.63) is 11.6 Å². The van der Waals surface area contributed by atoms with Gasteiger partial charge < -0.3 is 4.90 Å². The van der Waals surface area contributed by atoms with Crippen molar-refractivity contribution in [2.75, 3.05) is 18.2 Å². The van der Waals surface area contributed by atoms with Crippen LogP contribution in [0.5, 0.6) is 0 Å². The lowest BCUT2D eigenvalue weighted by atomic mass is 10.0. The van der Waals surface area contributed by atoms with E-state index in [0.29, 0.717) is 0 Å². The number of thioether (sulfide) groups is 2. The molecule has 1 nitrogen and oxygen atoms in total. The number of unbranched alkanes of at least 4 members (excludes halogenated alkanes) is 8. The van der Waals surface area contributed by atoms with E-state index in [0.717, 1.165) is 5.25 Å². The summed E-state index contributed by atoms with van der Waals surface area (Å²) in [7, 11) is 0. The first-order valence-electron chi connectivity index (χ1n) is 10.1. The number of hydrogen-bond donors (Lipinski definition) is 0. The summed E-state index contributed by atoms with van der Waals surface area (Å²) in [5.74, 6) is 2.60. The van der Waals surface area contributed by atoms with E-state index < -0.39 is 0 Å². The highest BCUT2D eigenvalue weighted by atomic mass is 79.9. The van der Waals surface area contributed by atoms with E-state index in [4.69, 9.17) is 0 Å². The molecule has 4 heteroatoms. The lowest BCUT2D eigenvalue weighted by Gasteiger charge is -2.20. The third-order valence-corrected chi connectivity index (χ3v) is 7.37. The SMILES string of the molecule is Br.C1=CN(CCCCCCCCCCCSC2CCCCC2)CS1. The minimum absolute atomic E-state index is 0. The lowest BCUT2D eigenvalue weighted by molar-refractivity contribution is 0.420. The van der Waals surface area contributed by atoms with Crippen LogP contribution in [0.2, 0.25) is 0 Å². The molecule has 0 bridgehead atoms. The van der Waals surface area contributed by atoms with Gasteiger partial charge in [0.25, 0.3) is 0 Å². The fraction of sp³-hybridized carbons (Fsp3) is 0.900. The van der Waals surface area contributed by atoms with Crippen molar-refractivity contribution in [2.24, 2.45) is 0 Å². The summed E-state index contributed by atoms with van der Waals surface area (Å²) < 4.78 is 0. The Labute approximate surface area is 169 Å². The Morgan fingerprint density at radius 1 is 0.833 bits per heavy atom. The number of rotatable bonds is 13. The van der Waals surface area contributed by atoms with Crippen molar-refractivity contribution >= 4 is 40.5 Å². The van der Waals surface area contributed by atoms with Crippen LogP contribution in [0.3, 0.4) is 0 Å². The van der Waals surface area contributed by atoms with Crippen molar-refractivity contribution < 1.29 is 0 Å². The monoisotopic (exact) mass is 435 g/mol. The quantitative estimate of drug-likeness (QED) is 0.273. The Kier molecular flexibility index (Phi) is 15.1. The van der Waals surface area contributed by atoms with Gasteiger partial charge in [0.1, 0.15) is 0 Å². The van der Waals surface area contributed by atoms with E-state index >= 15 is 0 Å². The van der Waals surface area contributed by atoms with Crippen LogP contribution < -0.4 is 0 Å². The zero-order chi connectivity index (χ0) is 16.0. The normalized spacial score (nSPS) is 18.1. The zero-order valence-corrected chi connectivity index (χ0v) is 18.8.